The molecule has 8 N–H and O–H groups in total. The molecular formula is C47H93NO10. The summed E-state index contributed by atoms with van der Waals surface area (Å²) in [5, 5.41) is 75.7. The average Bonchev–Trinajstić information content (AvgIpc) is 3.22. The van der Waals surface area contributed by atoms with Crippen LogP contribution < -0.4 is 5.32 Å². The normalized spacial score (nSPS) is 22.4. The predicted molar refractivity (Wildman–Crippen MR) is 233 cm³/mol. The Hall–Kier alpha value is -0.890. The fourth-order valence-electron chi connectivity index (χ4n) is 8.01. The summed E-state index contributed by atoms with van der Waals surface area (Å²) >= 11 is 0. The van der Waals surface area contributed by atoms with Gasteiger partial charge in [-0.15, -0.1) is 0 Å². The zero-order valence-corrected chi connectivity index (χ0v) is 37.5. The summed E-state index contributed by atoms with van der Waals surface area (Å²) < 4.78 is 11.1. The lowest BCUT2D eigenvalue weighted by atomic mass is 9.98. The van der Waals surface area contributed by atoms with Gasteiger partial charge < -0.3 is 50.5 Å². The number of amides is 1. The second kappa shape index (κ2) is 36.7. The van der Waals surface area contributed by atoms with Crippen molar-refractivity contribution in [2.75, 3.05) is 13.2 Å². The summed E-state index contributed by atoms with van der Waals surface area (Å²) in [6.45, 7) is 5.76. The van der Waals surface area contributed by atoms with Crippen molar-refractivity contribution in [3.8, 4) is 0 Å². The van der Waals surface area contributed by atoms with Gasteiger partial charge in [0.15, 0.2) is 6.29 Å². The highest BCUT2D eigenvalue weighted by Gasteiger charge is 2.44. The van der Waals surface area contributed by atoms with E-state index < -0.39 is 74.2 Å². The summed E-state index contributed by atoms with van der Waals surface area (Å²) in [5.74, 6) is 0.104. The summed E-state index contributed by atoms with van der Waals surface area (Å²) in [5.41, 5.74) is 0. The van der Waals surface area contributed by atoms with Crippen LogP contribution in [-0.4, -0.2) is 110 Å². The van der Waals surface area contributed by atoms with Crippen molar-refractivity contribution in [3.05, 3.63) is 0 Å². The zero-order valence-electron chi connectivity index (χ0n) is 37.5. The van der Waals surface area contributed by atoms with Gasteiger partial charge in [0.1, 0.15) is 36.6 Å². The molecule has 1 amide bonds. The molecule has 0 radical (unpaired) electrons. The van der Waals surface area contributed by atoms with Crippen LogP contribution in [0.4, 0.5) is 0 Å². The number of unbranched alkanes of at least 4 members (excludes halogenated alkanes) is 25. The Morgan fingerprint density at radius 2 is 1.00 bits per heavy atom. The number of hydrogen-bond acceptors (Lipinski definition) is 10. The zero-order chi connectivity index (χ0) is 42.8. The van der Waals surface area contributed by atoms with E-state index in [4.69, 9.17) is 9.47 Å². The highest BCUT2D eigenvalue weighted by molar-refractivity contribution is 5.80. The van der Waals surface area contributed by atoms with Crippen molar-refractivity contribution in [2.24, 2.45) is 5.92 Å². The molecule has 346 valence electrons. The van der Waals surface area contributed by atoms with E-state index in [0.717, 1.165) is 44.4 Å². The van der Waals surface area contributed by atoms with Crippen LogP contribution in [0.15, 0.2) is 0 Å². The fraction of sp³-hybridized carbons (Fsp3) is 0.979. The van der Waals surface area contributed by atoms with Crippen molar-refractivity contribution in [1.82, 2.24) is 5.32 Å². The maximum absolute atomic E-state index is 13.1. The number of carbonyl (C=O) groups excluding carboxylic acids is 1. The largest absolute Gasteiger partial charge is 0.394 e. The van der Waals surface area contributed by atoms with Gasteiger partial charge >= 0.3 is 0 Å². The van der Waals surface area contributed by atoms with E-state index in [2.05, 4.69) is 26.1 Å². The Labute approximate surface area is 354 Å². The summed E-state index contributed by atoms with van der Waals surface area (Å²) in [4.78, 5) is 13.1. The summed E-state index contributed by atoms with van der Waals surface area (Å²) in [6, 6.07) is -1.16. The molecule has 1 aliphatic heterocycles. The van der Waals surface area contributed by atoms with Crippen LogP contribution in [0.1, 0.15) is 220 Å². The molecule has 1 saturated heterocycles. The molecule has 58 heavy (non-hydrogen) atoms. The SMILES string of the molecule is CCCCCCCCCCCCCCCCCCCCC[C@@H](O)C(=O)N[C@@H](CO[C@H]1O[C@H](CO)[C@H](O)[C@H](O)[C@H]1O)[C@H](O)[C@H](O)CCCCCCCCCCC(C)CC. The molecule has 11 heteroatoms. The third-order valence-electron chi connectivity index (χ3n) is 12.5. The van der Waals surface area contributed by atoms with E-state index in [1.165, 1.54) is 135 Å². The Bertz CT molecular complexity index is 928. The van der Waals surface area contributed by atoms with Crippen molar-refractivity contribution >= 4 is 5.91 Å². The lowest BCUT2D eigenvalue weighted by Crippen LogP contribution is -2.60. The highest BCUT2D eigenvalue weighted by Crippen LogP contribution is 2.23. The smallest absolute Gasteiger partial charge is 0.249 e. The Morgan fingerprint density at radius 3 is 1.43 bits per heavy atom. The van der Waals surface area contributed by atoms with Crippen LogP contribution in [-0.2, 0) is 14.3 Å². The van der Waals surface area contributed by atoms with Gasteiger partial charge in [0.25, 0.3) is 0 Å². The molecule has 1 heterocycles. The third-order valence-corrected chi connectivity index (χ3v) is 12.5. The van der Waals surface area contributed by atoms with Gasteiger partial charge in [-0.1, -0.05) is 207 Å². The number of aliphatic hydroxyl groups is 7. The number of nitrogens with one attached hydrogen (secondary N) is 1. The molecule has 0 aromatic rings. The van der Waals surface area contributed by atoms with Crippen LogP contribution in [0.25, 0.3) is 0 Å². The number of hydrogen-bond donors (Lipinski definition) is 8. The minimum Gasteiger partial charge on any atom is -0.394 e. The lowest BCUT2D eigenvalue weighted by Gasteiger charge is -2.40. The van der Waals surface area contributed by atoms with Gasteiger partial charge in [0.05, 0.1) is 25.4 Å². The molecular weight excluding hydrogens is 739 g/mol. The molecule has 0 spiro atoms. The monoisotopic (exact) mass is 832 g/mol. The number of rotatable bonds is 40. The molecule has 1 unspecified atom stereocenters. The second-order valence-corrected chi connectivity index (χ2v) is 17.8. The highest BCUT2D eigenvalue weighted by atomic mass is 16.7. The topological polar surface area (TPSA) is 189 Å². The van der Waals surface area contributed by atoms with E-state index in [1.807, 2.05) is 0 Å². The molecule has 10 atom stereocenters. The van der Waals surface area contributed by atoms with E-state index in [9.17, 15) is 40.5 Å². The van der Waals surface area contributed by atoms with Crippen molar-refractivity contribution in [1.29, 1.82) is 0 Å². The standard InChI is InChI=1S/C47H93NO10/c1-4-6-7-8-9-10-11-12-13-14-15-16-17-18-19-20-25-28-31-34-40(51)46(56)48-38(36-57-47-45(55)44(54)43(53)41(35-49)58-47)42(52)39(50)33-30-27-24-22-21-23-26-29-32-37(3)5-2/h37-45,47,49-55H,4-36H2,1-3H3,(H,48,56)/t37?,38-,39+,40+,41+,42-,43-,44-,45+,47-/m0/s1. The summed E-state index contributed by atoms with van der Waals surface area (Å²) in [7, 11) is 0. The van der Waals surface area contributed by atoms with E-state index in [-0.39, 0.29) is 6.42 Å². The molecule has 0 bridgehead atoms. The molecule has 0 saturated carbocycles. The quantitative estimate of drug-likeness (QED) is 0.0280. The van der Waals surface area contributed by atoms with Crippen LogP contribution in [0.2, 0.25) is 0 Å². The average molecular weight is 832 g/mol. The van der Waals surface area contributed by atoms with Gasteiger partial charge in [-0.25, -0.2) is 0 Å². The first kappa shape index (κ1) is 55.1. The summed E-state index contributed by atoms with van der Waals surface area (Å²) in [6.07, 6.45) is 24.4. The molecule has 1 rings (SSSR count). The maximum Gasteiger partial charge on any atom is 0.249 e. The van der Waals surface area contributed by atoms with Crippen molar-refractivity contribution in [2.45, 2.75) is 275 Å². The van der Waals surface area contributed by atoms with Crippen LogP contribution in [0.3, 0.4) is 0 Å². The molecule has 0 aromatic carbocycles. The Balaban J connectivity index is 2.40. The van der Waals surface area contributed by atoms with Crippen molar-refractivity contribution in [3.63, 3.8) is 0 Å². The van der Waals surface area contributed by atoms with Gasteiger partial charge in [0, 0.05) is 0 Å². The Morgan fingerprint density at radius 1 is 0.586 bits per heavy atom. The van der Waals surface area contributed by atoms with Crippen LogP contribution in [0, 0.1) is 5.92 Å². The lowest BCUT2D eigenvalue weighted by molar-refractivity contribution is -0.303. The van der Waals surface area contributed by atoms with E-state index >= 15 is 0 Å². The molecule has 1 aliphatic rings. The van der Waals surface area contributed by atoms with Crippen LogP contribution in [0.5, 0.6) is 0 Å². The van der Waals surface area contributed by atoms with Gasteiger partial charge in [-0.2, -0.15) is 0 Å². The minimum atomic E-state index is -1.66. The minimum absolute atomic E-state index is 0.265. The second-order valence-electron chi connectivity index (χ2n) is 17.8. The number of aliphatic hydroxyl groups excluding tert-OH is 7. The first-order chi connectivity index (χ1) is 28.1. The van der Waals surface area contributed by atoms with Crippen molar-refractivity contribution < 1.29 is 50.0 Å². The fourth-order valence-corrected chi connectivity index (χ4v) is 8.01. The van der Waals surface area contributed by atoms with Gasteiger partial charge in [-0.05, 0) is 18.8 Å². The molecule has 0 aliphatic carbocycles. The first-order valence-electron chi connectivity index (χ1n) is 24.3. The Kier molecular flexibility index (Phi) is 34.9. The molecule has 1 fully saturated rings. The number of ether oxygens (including phenoxy) is 2. The first-order valence-corrected chi connectivity index (χ1v) is 24.3. The van der Waals surface area contributed by atoms with Crippen LogP contribution >= 0.6 is 0 Å². The number of carbonyl (C=O) groups is 1. The molecule has 0 aromatic heterocycles. The maximum atomic E-state index is 13.1. The van der Waals surface area contributed by atoms with E-state index in [0.29, 0.717) is 19.3 Å². The van der Waals surface area contributed by atoms with E-state index in [1.54, 1.807) is 0 Å². The molecule has 11 nitrogen and oxygen atoms in total. The predicted octanol–water partition coefficient (Wildman–Crippen LogP) is 8.14. The van der Waals surface area contributed by atoms with Gasteiger partial charge in [0.2, 0.25) is 5.91 Å². The third kappa shape index (κ3) is 26.4. The van der Waals surface area contributed by atoms with Gasteiger partial charge in [-0.3, -0.25) is 4.79 Å².